The molecule has 0 heterocycles. The van der Waals surface area contributed by atoms with Crippen LogP contribution in [-0.4, -0.2) is 30.9 Å². The second-order valence-corrected chi connectivity index (χ2v) is 3.65. The molecule has 0 bridgehead atoms. The molecule has 0 spiro atoms. The topological polar surface area (TPSA) is 87.8 Å². The first-order valence-electron chi connectivity index (χ1n) is 5.33. The van der Waals surface area contributed by atoms with E-state index in [1.54, 1.807) is 6.92 Å². The summed E-state index contributed by atoms with van der Waals surface area (Å²) in [6.45, 7) is 1.37. The van der Waals surface area contributed by atoms with Gasteiger partial charge in [0.15, 0.2) is 0 Å². The van der Waals surface area contributed by atoms with E-state index in [1.165, 1.54) is 13.1 Å². The molecule has 4 N–H and O–H groups in total. The van der Waals surface area contributed by atoms with Crippen LogP contribution in [0.5, 0.6) is 5.75 Å². The Labute approximate surface area is 104 Å². The Bertz CT molecular complexity index is 428. The first kappa shape index (κ1) is 14.2. The van der Waals surface area contributed by atoms with Crippen LogP contribution in [0.2, 0.25) is 0 Å². The van der Waals surface area contributed by atoms with E-state index in [-0.39, 0.29) is 18.0 Å². The summed E-state index contributed by atoms with van der Waals surface area (Å²) in [4.78, 5) is 11.4. The lowest BCUT2D eigenvalue weighted by molar-refractivity contribution is 0.130. The zero-order chi connectivity index (χ0) is 13.7. The van der Waals surface area contributed by atoms with Gasteiger partial charge in [-0.1, -0.05) is 0 Å². The minimum atomic E-state index is -0.567. The number of aliphatic hydroxyl groups is 1. The number of benzene rings is 1. The molecule has 0 saturated heterocycles. The van der Waals surface area contributed by atoms with E-state index in [9.17, 15) is 9.18 Å². The maximum atomic E-state index is 13.1. The van der Waals surface area contributed by atoms with Crippen LogP contribution in [0, 0.1) is 5.82 Å². The molecular formula is C11H16FN3O3. The summed E-state index contributed by atoms with van der Waals surface area (Å²) < 4.78 is 18.4. The normalized spacial score (nSPS) is 11.8. The van der Waals surface area contributed by atoms with Gasteiger partial charge in [-0.25, -0.2) is 20.0 Å². The molecule has 0 fully saturated rings. The standard InChI is InChI=1S/C11H16FN3O3/c1-7(6-16)18-10-5-8(12)3-4-9(10)15(13)11(17)14-2/h3-5,7,16H,6,13H2,1-2H3,(H,14,17)/t7-/m1/s1. The van der Waals surface area contributed by atoms with E-state index in [1.807, 2.05) is 0 Å². The van der Waals surface area contributed by atoms with Gasteiger partial charge >= 0.3 is 6.03 Å². The number of hydrazine groups is 1. The number of ether oxygens (including phenoxy) is 1. The van der Waals surface area contributed by atoms with Crippen LogP contribution in [0.15, 0.2) is 18.2 Å². The third kappa shape index (κ3) is 3.31. The number of halogens is 1. The van der Waals surface area contributed by atoms with Gasteiger partial charge in [0.25, 0.3) is 0 Å². The summed E-state index contributed by atoms with van der Waals surface area (Å²) in [5.74, 6) is 5.14. The number of hydrogen-bond donors (Lipinski definition) is 3. The Morgan fingerprint density at radius 2 is 2.33 bits per heavy atom. The predicted octanol–water partition coefficient (Wildman–Crippen LogP) is 0.605. The fourth-order valence-corrected chi connectivity index (χ4v) is 1.27. The number of amides is 2. The summed E-state index contributed by atoms with van der Waals surface area (Å²) in [7, 11) is 1.42. The van der Waals surface area contributed by atoms with Gasteiger partial charge in [-0.3, -0.25) is 0 Å². The quantitative estimate of drug-likeness (QED) is 0.419. The Balaban J connectivity index is 3.06. The Hall–Kier alpha value is -1.86. The largest absolute Gasteiger partial charge is 0.486 e. The molecule has 0 aromatic heterocycles. The van der Waals surface area contributed by atoms with Gasteiger partial charge < -0.3 is 15.2 Å². The number of anilines is 1. The molecule has 2 amide bonds. The van der Waals surface area contributed by atoms with Gasteiger partial charge in [0.05, 0.1) is 6.61 Å². The lowest BCUT2D eigenvalue weighted by atomic mass is 10.2. The summed E-state index contributed by atoms with van der Waals surface area (Å²) in [5, 5.41) is 12.0. The van der Waals surface area contributed by atoms with E-state index in [0.717, 1.165) is 17.1 Å². The van der Waals surface area contributed by atoms with Crippen LogP contribution in [0.4, 0.5) is 14.9 Å². The van der Waals surface area contributed by atoms with Crippen LogP contribution in [-0.2, 0) is 0 Å². The highest BCUT2D eigenvalue weighted by molar-refractivity contribution is 5.92. The van der Waals surface area contributed by atoms with Crippen LogP contribution in [0.25, 0.3) is 0 Å². The number of rotatable bonds is 4. The van der Waals surface area contributed by atoms with Gasteiger partial charge in [0.2, 0.25) is 0 Å². The SMILES string of the molecule is CNC(=O)N(N)c1ccc(F)cc1O[C@H](C)CO. The van der Waals surface area contributed by atoms with Crippen molar-refractivity contribution >= 4 is 11.7 Å². The number of nitrogens with one attached hydrogen (secondary N) is 1. The van der Waals surface area contributed by atoms with Gasteiger partial charge in [0, 0.05) is 13.1 Å². The molecule has 0 aliphatic carbocycles. The number of carbonyl (C=O) groups excluding carboxylic acids is 1. The minimum absolute atomic E-state index is 0.0858. The number of urea groups is 1. The lowest BCUT2D eigenvalue weighted by Crippen LogP contribution is -2.43. The average molecular weight is 257 g/mol. The fourth-order valence-electron chi connectivity index (χ4n) is 1.27. The molecule has 100 valence electrons. The van der Waals surface area contributed by atoms with Crippen molar-refractivity contribution in [3.05, 3.63) is 24.0 Å². The first-order valence-corrected chi connectivity index (χ1v) is 5.33. The van der Waals surface area contributed by atoms with E-state index >= 15 is 0 Å². The second kappa shape index (κ2) is 6.18. The van der Waals surface area contributed by atoms with Crippen LogP contribution < -0.4 is 20.9 Å². The molecule has 18 heavy (non-hydrogen) atoms. The Morgan fingerprint density at radius 3 is 2.89 bits per heavy atom. The molecule has 1 aromatic carbocycles. The zero-order valence-corrected chi connectivity index (χ0v) is 10.2. The summed E-state index contributed by atoms with van der Waals surface area (Å²) in [6, 6.07) is 3.02. The van der Waals surface area contributed by atoms with Crippen molar-refractivity contribution in [3.8, 4) is 5.75 Å². The molecule has 1 rings (SSSR count). The van der Waals surface area contributed by atoms with E-state index in [2.05, 4.69) is 5.32 Å². The second-order valence-electron chi connectivity index (χ2n) is 3.65. The van der Waals surface area contributed by atoms with E-state index in [0.29, 0.717) is 0 Å². The molecule has 0 aliphatic rings. The summed E-state index contributed by atoms with van der Waals surface area (Å²) in [5.41, 5.74) is 0.205. The van der Waals surface area contributed by atoms with Crippen molar-refractivity contribution in [2.24, 2.45) is 5.84 Å². The number of hydrogen-bond acceptors (Lipinski definition) is 4. The van der Waals surface area contributed by atoms with Crippen molar-refractivity contribution in [3.63, 3.8) is 0 Å². The van der Waals surface area contributed by atoms with Crippen molar-refractivity contribution < 1.29 is 19.0 Å². The van der Waals surface area contributed by atoms with Crippen molar-refractivity contribution in [1.29, 1.82) is 0 Å². The maximum Gasteiger partial charge on any atom is 0.336 e. The fraction of sp³-hybridized carbons (Fsp3) is 0.364. The monoisotopic (exact) mass is 257 g/mol. The summed E-state index contributed by atoms with van der Waals surface area (Å²) >= 11 is 0. The molecule has 0 aliphatic heterocycles. The highest BCUT2D eigenvalue weighted by atomic mass is 19.1. The number of aliphatic hydroxyl groups excluding tert-OH is 1. The maximum absolute atomic E-state index is 13.1. The number of nitrogens with two attached hydrogens (primary N) is 1. The minimum Gasteiger partial charge on any atom is -0.486 e. The third-order valence-corrected chi connectivity index (χ3v) is 2.20. The van der Waals surface area contributed by atoms with Gasteiger partial charge in [0.1, 0.15) is 23.4 Å². The van der Waals surface area contributed by atoms with Gasteiger partial charge in [-0.05, 0) is 19.1 Å². The summed E-state index contributed by atoms with van der Waals surface area (Å²) in [6.07, 6.45) is -0.538. The Kier molecular flexibility index (Phi) is 4.87. The third-order valence-electron chi connectivity index (χ3n) is 2.20. The van der Waals surface area contributed by atoms with E-state index < -0.39 is 18.0 Å². The van der Waals surface area contributed by atoms with Crippen LogP contribution >= 0.6 is 0 Å². The zero-order valence-electron chi connectivity index (χ0n) is 10.2. The Morgan fingerprint density at radius 1 is 1.67 bits per heavy atom. The molecule has 0 saturated carbocycles. The van der Waals surface area contributed by atoms with E-state index in [4.69, 9.17) is 15.7 Å². The van der Waals surface area contributed by atoms with Crippen LogP contribution in [0.3, 0.4) is 0 Å². The molecule has 1 aromatic rings. The van der Waals surface area contributed by atoms with Crippen molar-refractivity contribution in [2.45, 2.75) is 13.0 Å². The lowest BCUT2D eigenvalue weighted by Gasteiger charge is -2.21. The molecule has 0 radical (unpaired) electrons. The number of nitrogens with zero attached hydrogens (tertiary/aromatic N) is 1. The molecule has 0 unspecified atom stereocenters. The highest BCUT2D eigenvalue weighted by Crippen LogP contribution is 2.28. The van der Waals surface area contributed by atoms with Crippen LogP contribution in [0.1, 0.15) is 6.92 Å². The number of carbonyl (C=O) groups is 1. The average Bonchev–Trinajstić information content (AvgIpc) is 2.37. The smallest absolute Gasteiger partial charge is 0.336 e. The van der Waals surface area contributed by atoms with Gasteiger partial charge in [-0.15, -0.1) is 0 Å². The van der Waals surface area contributed by atoms with Crippen molar-refractivity contribution in [2.75, 3.05) is 18.7 Å². The van der Waals surface area contributed by atoms with Gasteiger partial charge in [-0.2, -0.15) is 0 Å². The predicted molar refractivity (Wildman–Crippen MR) is 64.7 cm³/mol. The molecule has 1 atom stereocenters. The highest BCUT2D eigenvalue weighted by Gasteiger charge is 2.17. The first-order chi connectivity index (χ1) is 8.49. The molecule has 7 heteroatoms. The molecule has 6 nitrogen and oxygen atoms in total. The molecular weight excluding hydrogens is 241 g/mol. The van der Waals surface area contributed by atoms with Crippen molar-refractivity contribution in [1.82, 2.24) is 5.32 Å².